The number of aliphatic hydroxyl groups is 2. The summed E-state index contributed by atoms with van der Waals surface area (Å²) in [4.78, 5) is 17.8. The van der Waals surface area contributed by atoms with Crippen molar-refractivity contribution >= 4 is 33.1 Å². The maximum absolute atomic E-state index is 13.7. The minimum atomic E-state index is -3.05. The number of fused-ring (bicyclic) bond motifs is 1. The van der Waals surface area contributed by atoms with Crippen molar-refractivity contribution in [1.82, 2.24) is 4.98 Å². The van der Waals surface area contributed by atoms with E-state index in [-0.39, 0.29) is 17.7 Å². The molecule has 1 amide bonds. The van der Waals surface area contributed by atoms with Gasteiger partial charge >= 0.3 is 0 Å². The summed E-state index contributed by atoms with van der Waals surface area (Å²) in [5.41, 5.74) is 0.321. The number of hydrogen-bond donors (Lipinski definition) is 3. The number of aromatic nitrogens is 1. The molecular formula is C26H30F2N2O3S. The number of aliphatic hydroxyl groups excluding tert-OH is 1. The van der Waals surface area contributed by atoms with Gasteiger partial charge in [-0.25, -0.2) is 13.8 Å². The molecule has 0 aliphatic heterocycles. The molecule has 5 nitrogen and oxygen atoms in total. The van der Waals surface area contributed by atoms with Crippen LogP contribution >= 0.6 is 11.3 Å². The van der Waals surface area contributed by atoms with E-state index in [1.165, 1.54) is 24.3 Å². The van der Waals surface area contributed by atoms with E-state index in [0.29, 0.717) is 23.1 Å². The highest BCUT2D eigenvalue weighted by atomic mass is 32.1. The van der Waals surface area contributed by atoms with E-state index in [4.69, 9.17) is 4.98 Å². The number of carbonyl (C=O) groups excluding carboxylic acids is 1. The predicted molar refractivity (Wildman–Crippen MR) is 131 cm³/mol. The zero-order valence-electron chi connectivity index (χ0n) is 19.6. The summed E-state index contributed by atoms with van der Waals surface area (Å²) in [6, 6.07) is 8.99. The summed E-state index contributed by atoms with van der Waals surface area (Å²) >= 11 is 1.57. The number of nitrogens with zero attached hydrogens (tertiary/aromatic N) is 1. The Morgan fingerprint density at radius 3 is 2.47 bits per heavy atom. The number of nitrogens with one attached hydrogen (secondary N) is 1. The molecule has 1 aliphatic rings. The molecule has 4 rings (SSSR count). The monoisotopic (exact) mass is 488 g/mol. The molecule has 0 atom stereocenters. The van der Waals surface area contributed by atoms with Gasteiger partial charge in [0.25, 0.3) is 11.8 Å². The lowest BCUT2D eigenvalue weighted by Crippen LogP contribution is -2.21. The maximum atomic E-state index is 13.7. The van der Waals surface area contributed by atoms with Crippen LogP contribution < -0.4 is 5.32 Å². The fourth-order valence-corrected chi connectivity index (χ4v) is 5.65. The molecule has 2 aromatic carbocycles. The van der Waals surface area contributed by atoms with Crippen molar-refractivity contribution < 1.29 is 23.8 Å². The third-order valence-electron chi connectivity index (χ3n) is 6.54. The topological polar surface area (TPSA) is 82.5 Å². The number of alkyl halides is 2. The highest BCUT2D eigenvalue weighted by Crippen LogP contribution is 2.41. The van der Waals surface area contributed by atoms with E-state index >= 15 is 0 Å². The zero-order chi connectivity index (χ0) is 24.7. The van der Waals surface area contributed by atoms with Gasteiger partial charge < -0.3 is 15.5 Å². The first-order valence-corrected chi connectivity index (χ1v) is 12.3. The van der Waals surface area contributed by atoms with Gasteiger partial charge in [0.2, 0.25) is 0 Å². The number of amides is 1. The second kappa shape index (κ2) is 9.32. The largest absolute Gasteiger partial charge is 0.396 e. The standard InChI is InChI=1S/C26H30F2N2O3S/c1-25(2,33)19-12-21-22(34-24(30-21)16-9-7-15(14-31)8-10-16)13-20(19)29-23(32)17-5-4-6-18(11-17)26(3,27)28/h4-6,11-13,15-16,31,33H,7-10,14H2,1-3H3,(H,29,32)/t15-,16-. The molecular weight excluding hydrogens is 458 g/mol. The lowest BCUT2D eigenvalue weighted by molar-refractivity contribution is 0.0174. The highest BCUT2D eigenvalue weighted by Gasteiger charge is 2.28. The highest BCUT2D eigenvalue weighted by molar-refractivity contribution is 7.18. The van der Waals surface area contributed by atoms with E-state index in [9.17, 15) is 23.8 Å². The Kier molecular flexibility index (Phi) is 6.77. The summed E-state index contributed by atoms with van der Waals surface area (Å²) in [6.07, 6.45) is 3.91. The molecule has 182 valence electrons. The molecule has 0 unspecified atom stereocenters. The number of carbonyl (C=O) groups is 1. The number of halogens is 2. The lowest BCUT2D eigenvalue weighted by Gasteiger charge is -2.25. The van der Waals surface area contributed by atoms with Gasteiger partial charge in [0.1, 0.15) is 0 Å². The van der Waals surface area contributed by atoms with Gasteiger partial charge in [0.15, 0.2) is 0 Å². The Morgan fingerprint density at radius 2 is 1.85 bits per heavy atom. The van der Waals surface area contributed by atoms with Crippen molar-refractivity contribution in [2.45, 2.75) is 63.9 Å². The van der Waals surface area contributed by atoms with Crippen molar-refractivity contribution in [2.75, 3.05) is 11.9 Å². The summed E-state index contributed by atoms with van der Waals surface area (Å²) in [5, 5.41) is 24.0. The molecule has 1 aromatic heterocycles. The summed E-state index contributed by atoms with van der Waals surface area (Å²) < 4.78 is 28.4. The Hall–Kier alpha value is -2.42. The van der Waals surface area contributed by atoms with Crippen LogP contribution in [0.2, 0.25) is 0 Å². The van der Waals surface area contributed by atoms with Crippen molar-refractivity contribution in [1.29, 1.82) is 0 Å². The minimum absolute atomic E-state index is 0.117. The van der Waals surface area contributed by atoms with Gasteiger partial charge in [-0.2, -0.15) is 0 Å². The molecule has 0 spiro atoms. The SMILES string of the molecule is CC(C)(O)c1cc2nc([C@H]3CC[C@H](CO)CC3)sc2cc1NC(=O)c1cccc(C(C)(F)F)c1. The van der Waals surface area contributed by atoms with Crippen molar-refractivity contribution in [2.24, 2.45) is 5.92 Å². The molecule has 1 aliphatic carbocycles. The maximum Gasteiger partial charge on any atom is 0.270 e. The fraction of sp³-hybridized carbons (Fsp3) is 0.462. The van der Waals surface area contributed by atoms with Crippen LogP contribution in [0.3, 0.4) is 0 Å². The molecule has 1 fully saturated rings. The van der Waals surface area contributed by atoms with Crippen molar-refractivity contribution in [3.63, 3.8) is 0 Å². The molecule has 3 aromatic rings. The molecule has 34 heavy (non-hydrogen) atoms. The summed E-state index contributed by atoms with van der Waals surface area (Å²) in [5.74, 6) is -2.88. The third-order valence-corrected chi connectivity index (χ3v) is 7.72. The van der Waals surface area contributed by atoms with Crippen LogP contribution in [0.25, 0.3) is 10.2 Å². The number of thiazole rings is 1. The first-order valence-electron chi connectivity index (χ1n) is 11.5. The van der Waals surface area contributed by atoms with Crippen LogP contribution in [0, 0.1) is 5.92 Å². The molecule has 8 heteroatoms. The third kappa shape index (κ3) is 5.29. The number of rotatable bonds is 6. The van der Waals surface area contributed by atoms with E-state index in [2.05, 4.69) is 5.32 Å². The van der Waals surface area contributed by atoms with Crippen LogP contribution in [-0.4, -0.2) is 27.7 Å². The average Bonchev–Trinajstić information content (AvgIpc) is 3.20. The van der Waals surface area contributed by atoms with Crippen LogP contribution in [0.1, 0.15) is 78.9 Å². The van der Waals surface area contributed by atoms with Crippen LogP contribution in [-0.2, 0) is 11.5 Å². The smallest absolute Gasteiger partial charge is 0.270 e. The first-order chi connectivity index (χ1) is 16.0. The molecule has 1 heterocycles. The van der Waals surface area contributed by atoms with Gasteiger partial charge in [-0.15, -0.1) is 11.3 Å². The normalized spacial score (nSPS) is 19.4. The lowest BCUT2D eigenvalue weighted by atomic mass is 9.83. The van der Waals surface area contributed by atoms with Gasteiger partial charge in [-0.3, -0.25) is 4.79 Å². The number of hydrogen-bond acceptors (Lipinski definition) is 5. The Bertz CT molecular complexity index is 1190. The summed E-state index contributed by atoms with van der Waals surface area (Å²) in [7, 11) is 0. The van der Waals surface area contributed by atoms with Gasteiger partial charge in [0.05, 0.1) is 20.8 Å². The average molecular weight is 489 g/mol. The van der Waals surface area contributed by atoms with E-state index in [1.807, 2.05) is 0 Å². The number of anilines is 1. The van der Waals surface area contributed by atoms with E-state index < -0.39 is 17.4 Å². The van der Waals surface area contributed by atoms with Crippen molar-refractivity contribution in [3.8, 4) is 0 Å². The van der Waals surface area contributed by atoms with Gasteiger partial charge in [-0.05, 0) is 69.7 Å². The Morgan fingerprint density at radius 1 is 1.15 bits per heavy atom. The Labute approximate surface area is 201 Å². The molecule has 0 bridgehead atoms. The quantitative estimate of drug-likeness (QED) is 0.388. The first kappa shape index (κ1) is 24.7. The minimum Gasteiger partial charge on any atom is -0.396 e. The molecule has 0 radical (unpaired) electrons. The second-order valence-electron chi connectivity index (χ2n) is 9.80. The molecule has 1 saturated carbocycles. The molecule has 0 saturated heterocycles. The fourth-order valence-electron chi connectivity index (χ4n) is 4.50. The predicted octanol–water partition coefficient (Wildman–Crippen LogP) is 6.15. The molecule has 3 N–H and O–H groups in total. The van der Waals surface area contributed by atoms with E-state index in [1.54, 1.807) is 37.3 Å². The second-order valence-corrected chi connectivity index (χ2v) is 10.9. The Balaban J connectivity index is 1.66. The van der Waals surface area contributed by atoms with Crippen LogP contribution in [0.5, 0.6) is 0 Å². The van der Waals surface area contributed by atoms with Crippen molar-refractivity contribution in [3.05, 3.63) is 58.1 Å². The van der Waals surface area contributed by atoms with Gasteiger partial charge in [-0.1, -0.05) is 12.1 Å². The van der Waals surface area contributed by atoms with Crippen LogP contribution in [0.15, 0.2) is 36.4 Å². The van der Waals surface area contributed by atoms with Crippen LogP contribution in [0.4, 0.5) is 14.5 Å². The zero-order valence-corrected chi connectivity index (χ0v) is 20.4. The summed E-state index contributed by atoms with van der Waals surface area (Å²) in [6.45, 7) is 4.28. The van der Waals surface area contributed by atoms with E-state index in [0.717, 1.165) is 47.8 Å². The van der Waals surface area contributed by atoms with Gasteiger partial charge in [0, 0.05) is 41.8 Å². The number of benzene rings is 2.